The predicted octanol–water partition coefficient (Wildman–Crippen LogP) is 6.37. The van der Waals surface area contributed by atoms with Crippen LogP contribution >= 0.6 is 23.2 Å². The van der Waals surface area contributed by atoms with E-state index >= 15 is 0 Å². The molecule has 2 aromatic carbocycles. The Bertz CT molecular complexity index is 1280. The topological polar surface area (TPSA) is 95.0 Å². The highest BCUT2D eigenvalue weighted by atomic mass is 35.5. The fourth-order valence-corrected chi connectivity index (χ4v) is 7.24. The summed E-state index contributed by atoms with van der Waals surface area (Å²) < 4.78 is 27.2. The molecule has 0 saturated carbocycles. The van der Waals surface area contributed by atoms with Crippen molar-refractivity contribution in [3.8, 4) is 0 Å². The predicted molar refractivity (Wildman–Crippen MR) is 156 cm³/mol. The van der Waals surface area contributed by atoms with E-state index in [0.717, 1.165) is 11.1 Å². The van der Waals surface area contributed by atoms with Crippen molar-refractivity contribution in [1.29, 1.82) is 0 Å². The van der Waals surface area contributed by atoms with Crippen LogP contribution in [0.3, 0.4) is 0 Å². The number of carboxylic acid groups (broad SMARTS) is 1. The van der Waals surface area contributed by atoms with Crippen LogP contribution in [0.4, 0.5) is 0 Å². The summed E-state index contributed by atoms with van der Waals surface area (Å²) in [6, 6.07) is 14.0. The molecule has 214 valence electrons. The standard InChI is InChI=1S/C29H38Cl2N2O5S/c1-6-32(39(37,38)19(2)3)15-14-20(4)33-27(21-10-12-23(30)13-11-21)25(22-8-7-9-24(31)16-22)17-29(5,28(33)36)18-26(34)35/h7-13,16,19-20,25,27H,6,14-15,17-18H2,1-5H3,(H,34,35). The summed E-state index contributed by atoms with van der Waals surface area (Å²) in [5, 5.41) is 10.3. The van der Waals surface area contributed by atoms with Crippen LogP contribution in [0.1, 0.15) is 77.0 Å². The van der Waals surface area contributed by atoms with E-state index in [2.05, 4.69) is 0 Å². The molecule has 3 rings (SSSR count). The molecule has 0 aromatic heterocycles. The first-order valence-corrected chi connectivity index (χ1v) is 15.5. The van der Waals surface area contributed by atoms with Crippen LogP contribution in [-0.2, 0) is 19.6 Å². The number of hydrogen-bond acceptors (Lipinski definition) is 4. The van der Waals surface area contributed by atoms with Gasteiger partial charge in [0.05, 0.1) is 23.1 Å². The number of rotatable bonds is 11. The second-order valence-corrected chi connectivity index (χ2v) is 14.3. The largest absolute Gasteiger partial charge is 0.481 e. The van der Waals surface area contributed by atoms with E-state index < -0.39 is 32.7 Å². The molecule has 2 aromatic rings. The lowest BCUT2D eigenvalue weighted by Gasteiger charge is -2.51. The zero-order chi connectivity index (χ0) is 29.1. The number of carbonyl (C=O) groups is 2. The fourth-order valence-electron chi connectivity index (χ4n) is 5.60. The summed E-state index contributed by atoms with van der Waals surface area (Å²) in [4.78, 5) is 27.9. The first-order valence-electron chi connectivity index (χ1n) is 13.3. The Balaban J connectivity index is 2.12. The van der Waals surface area contributed by atoms with Gasteiger partial charge in [0.25, 0.3) is 0 Å². The van der Waals surface area contributed by atoms with Gasteiger partial charge >= 0.3 is 5.97 Å². The highest BCUT2D eigenvalue weighted by Crippen LogP contribution is 2.52. The van der Waals surface area contributed by atoms with Gasteiger partial charge in [-0.1, -0.05) is 61.3 Å². The Morgan fingerprint density at radius 3 is 2.28 bits per heavy atom. The van der Waals surface area contributed by atoms with Gasteiger partial charge in [-0.25, -0.2) is 12.7 Å². The van der Waals surface area contributed by atoms with Crippen molar-refractivity contribution < 1.29 is 23.1 Å². The maximum atomic E-state index is 14.2. The summed E-state index contributed by atoms with van der Waals surface area (Å²) in [6.07, 6.45) is 0.390. The number of aliphatic carboxylic acids is 1. The van der Waals surface area contributed by atoms with E-state index in [1.807, 2.05) is 37.3 Å². The molecule has 0 bridgehead atoms. The average molecular weight is 598 g/mol. The summed E-state index contributed by atoms with van der Waals surface area (Å²) in [7, 11) is -3.47. The molecule has 1 N–H and O–H groups in total. The first-order chi connectivity index (χ1) is 18.2. The van der Waals surface area contributed by atoms with Crippen molar-refractivity contribution in [2.45, 2.75) is 77.1 Å². The summed E-state index contributed by atoms with van der Waals surface area (Å²) >= 11 is 12.6. The molecule has 1 saturated heterocycles. The third-order valence-electron chi connectivity index (χ3n) is 7.71. The number of carboxylic acids is 1. The van der Waals surface area contributed by atoms with Crippen molar-refractivity contribution in [3.63, 3.8) is 0 Å². The van der Waals surface area contributed by atoms with Crippen LogP contribution in [0, 0.1) is 5.41 Å². The highest BCUT2D eigenvalue weighted by molar-refractivity contribution is 7.89. The van der Waals surface area contributed by atoms with Crippen molar-refractivity contribution in [2.24, 2.45) is 5.41 Å². The SMILES string of the molecule is CCN(CCC(C)N1C(=O)C(C)(CC(=O)O)CC(c2cccc(Cl)c2)C1c1ccc(Cl)cc1)S(=O)(=O)C(C)C. The third-order valence-corrected chi connectivity index (χ3v) is 10.6. The molecule has 0 radical (unpaired) electrons. The van der Waals surface area contributed by atoms with Crippen LogP contribution in [0.15, 0.2) is 48.5 Å². The van der Waals surface area contributed by atoms with Gasteiger partial charge in [-0.05, 0) is 69.0 Å². The molecule has 1 fully saturated rings. The van der Waals surface area contributed by atoms with E-state index in [9.17, 15) is 23.1 Å². The summed E-state index contributed by atoms with van der Waals surface area (Å²) in [5.74, 6) is -1.56. The first kappa shape index (κ1) is 31.4. The van der Waals surface area contributed by atoms with Crippen molar-refractivity contribution >= 4 is 45.1 Å². The Labute approximate surface area is 242 Å². The van der Waals surface area contributed by atoms with Crippen LogP contribution in [0.5, 0.6) is 0 Å². The molecule has 1 heterocycles. The monoisotopic (exact) mass is 596 g/mol. The van der Waals surface area contributed by atoms with Crippen molar-refractivity contribution in [2.75, 3.05) is 13.1 Å². The minimum Gasteiger partial charge on any atom is -0.481 e. The van der Waals surface area contributed by atoms with Gasteiger partial charge in [0.15, 0.2) is 0 Å². The molecule has 1 aliphatic rings. The third kappa shape index (κ3) is 6.96. The quantitative estimate of drug-likeness (QED) is 0.325. The van der Waals surface area contributed by atoms with E-state index in [1.165, 1.54) is 4.31 Å². The van der Waals surface area contributed by atoms with E-state index in [0.29, 0.717) is 29.4 Å². The van der Waals surface area contributed by atoms with E-state index in [-0.39, 0.29) is 30.8 Å². The number of benzene rings is 2. The van der Waals surface area contributed by atoms with Crippen LogP contribution in [0.25, 0.3) is 0 Å². The van der Waals surface area contributed by atoms with Gasteiger partial charge in [-0.15, -0.1) is 0 Å². The molecule has 4 unspecified atom stereocenters. The van der Waals surface area contributed by atoms with Crippen molar-refractivity contribution in [3.05, 3.63) is 69.7 Å². The number of carbonyl (C=O) groups excluding carboxylic acids is 1. The second-order valence-electron chi connectivity index (χ2n) is 10.9. The molecule has 4 atom stereocenters. The summed E-state index contributed by atoms with van der Waals surface area (Å²) in [6.45, 7) is 9.28. The van der Waals surface area contributed by atoms with Gasteiger partial charge < -0.3 is 10.0 Å². The molecule has 10 heteroatoms. The van der Waals surface area contributed by atoms with Crippen LogP contribution < -0.4 is 0 Å². The normalized spacial score (nSPS) is 22.9. The lowest BCUT2D eigenvalue weighted by Crippen LogP contribution is -2.56. The van der Waals surface area contributed by atoms with Crippen LogP contribution in [0.2, 0.25) is 10.0 Å². The maximum absolute atomic E-state index is 14.2. The number of piperidine rings is 1. The molecule has 0 aliphatic carbocycles. The highest BCUT2D eigenvalue weighted by Gasteiger charge is 2.51. The Morgan fingerprint density at radius 1 is 1.10 bits per heavy atom. The zero-order valence-electron chi connectivity index (χ0n) is 23.1. The molecule has 7 nitrogen and oxygen atoms in total. The smallest absolute Gasteiger partial charge is 0.304 e. The number of halogens is 2. The number of hydrogen-bond donors (Lipinski definition) is 1. The fraction of sp³-hybridized carbons (Fsp3) is 0.517. The van der Waals surface area contributed by atoms with Gasteiger partial charge in [0.2, 0.25) is 15.9 Å². The maximum Gasteiger partial charge on any atom is 0.304 e. The zero-order valence-corrected chi connectivity index (χ0v) is 25.4. The minimum absolute atomic E-state index is 0.243. The Kier molecular flexibility index (Phi) is 10.1. The van der Waals surface area contributed by atoms with Crippen molar-refractivity contribution in [1.82, 2.24) is 9.21 Å². The minimum atomic E-state index is -3.47. The Hall–Kier alpha value is -2.13. The van der Waals surface area contributed by atoms with Gasteiger partial charge in [-0.2, -0.15) is 0 Å². The van der Waals surface area contributed by atoms with E-state index in [4.69, 9.17) is 23.2 Å². The van der Waals surface area contributed by atoms with Gasteiger partial charge in [0, 0.05) is 35.1 Å². The lowest BCUT2D eigenvalue weighted by atomic mass is 9.67. The number of amides is 1. The lowest BCUT2D eigenvalue weighted by molar-refractivity contribution is -0.160. The molecular formula is C29H38Cl2N2O5S. The van der Waals surface area contributed by atoms with Gasteiger partial charge in [-0.3, -0.25) is 9.59 Å². The number of nitrogens with zero attached hydrogens (tertiary/aromatic N) is 2. The molecule has 39 heavy (non-hydrogen) atoms. The van der Waals surface area contributed by atoms with Gasteiger partial charge in [0.1, 0.15) is 0 Å². The molecular weight excluding hydrogens is 559 g/mol. The molecule has 0 spiro atoms. The average Bonchev–Trinajstić information content (AvgIpc) is 2.85. The van der Waals surface area contributed by atoms with E-state index in [1.54, 1.807) is 50.8 Å². The Morgan fingerprint density at radius 2 is 1.74 bits per heavy atom. The van der Waals surface area contributed by atoms with Crippen LogP contribution in [-0.4, -0.2) is 59.0 Å². The molecule has 1 amide bonds. The number of sulfonamides is 1. The summed E-state index contributed by atoms with van der Waals surface area (Å²) in [5.41, 5.74) is 0.607. The molecule has 1 aliphatic heterocycles. The second kappa shape index (κ2) is 12.6. The number of likely N-dealkylation sites (tertiary alicyclic amines) is 1.